The van der Waals surface area contributed by atoms with Crippen LogP contribution in [0.5, 0.6) is 0 Å². The van der Waals surface area contributed by atoms with E-state index < -0.39 is 21.9 Å². The van der Waals surface area contributed by atoms with E-state index in [4.69, 9.17) is 10.5 Å². The molecule has 110 valence electrons. The molecule has 3 rings (SSSR count). The van der Waals surface area contributed by atoms with Crippen LogP contribution in [0.15, 0.2) is 23.1 Å². The number of ether oxygens (including phenoxy) is 1. The maximum absolute atomic E-state index is 13.7. The first kappa shape index (κ1) is 13.9. The molecule has 7 heteroatoms. The normalized spacial score (nSPS) is 32.8. The van der Waals surface area contributed by atoms with Crippen molar-refractivity contribution >= 4 is 10.0 Å². The first-order chi connectivity index (χ1) is 9.40. The van der Waals surface area contributed by atoms with Gasteiger partial charge < -0.3 is 10.5 Å². The van der Waals surface area contributed by atoms with Crippen LogP contribution in [-0.2, 0) is 14.8 Å². The second-order valence-electron chi connectivity index (χ2n) is 5.45. The quantitative estimate of drug-likeness (QED) is 0.853. The summed E-state index contributed by atoms with van der Waals surface area (Å²) in [5.41, 5.74) is 6.64. The number of fused-ring (bicyclic) bond motifs is 1. The molecule has 1 aromatic rings. The molecular weight excluding hydrogens is 283 g/mol. The van der Waals surface area contributed by atoms with Crippen molar-refractivity contribution < 1.29 is 17.5 Å². The van der Waals surface area contributed by atoms with Gasteiger partial charge in [-0.05, 0) is 31.0 Å². The molecule has 4 atom stereocenters. The number of nitrogens with two attached hydrogens (primary N) is 1. The van der Waals surface area contributed by atoms with E-state index in [2.05, 4.69) is 4.72 Å². The van der Waals surface area contributed by atoms with Gasteiger partial charge in [0.2, 0.25) is 10.0 Å². The van der Waals surface area contributed by atoms with Gasteiger partial charge in [0.05, 0.1) is 12.1 Å². The minimum absolute atomic E-state index is 0.187. The summed E-state index contributed by atoms with van der Waals surface area (Å²) in [4.78, 5) is -0.342. The van der Waals surface area contributed by atoms with E-state index in [9.17, 15) is 12.8 Å². The minimum atomic E-state index is -3.93. The van der Waals surface area contributed by atoms with Crippen molar-refractivity contribution in [2.24, 2.45) is 11.7 Å². The van der Waals surface area contributed by atoms with Crippen LogP contribution in [0.4, 0.5) is 4.39 Å². The average molecular weight is 300 g/mol. The lowest BCUT2D eigenvalue weighted by Gasteiger charge is -2.45. The van der Waals surface area contributed by atoms with Crippen LogP contribution in [0.1, 0.15) is 12.0 Å². The van der Waals surface area contributed by atoms with E-state index >= 15 is 0 Å². The standard InChI is InChI=1S/C13H17FN2O3S/c1-7-2-3-9(14)10(6-7)20(17,18)16-12-11(15)8-4-5-19-13(8)12/h2-3,6,8,11-13,16H,4-5,15H2,1H3. The topological polar surface area (TPSA) is 81.4 Å². The largest absolute Gasteiger partial charge is 0.376 e. The van der Waals surface area contributed by atoms with Crippen molar-refractivity contribution in [3.8, 4) is 0 Å². The molecule has 20 heavy (non-hydrogen) atoms. The highest BCUT2D eigenvalue weighted by Gasteiger charge is 2.53. The third-order valence-electron chi connectivity index (χ3n) is 4.11. The van der Waals surface area contributed by atoms with Crippen LogP contribution in [0, 0.1) is 18.7 Å². The summed E-state index contributed by atoms with van der Waals surface area (Å²) in [5.74, 6) is -0.565. The molecule has 1 aliphatic carbocycles. The Hall–Kier alpha value is -1.02. The molecule has 2 aliphatic rings. The number of nitrogens with one attached hydrogen (secondary N) is 1. The van der Waals surface area contributed by atoms with E-state index in [1.807, 2.05) is 0 Å². The molecule has 0 radical (unpaired) electrons. The molecule has 0 bridgehead atoms. The number of benzene rings is 1. The lowest BCUT2D eigenvalue weighted by molar-refractivity contribution is -0.00925. The molecule has 1 aromatic carbocycles. The predicted octanol–water partition coefficient (Wildman–Crippen LogP) is 0.527. The van der Waals surface area contributed by atoms with Gasteiger partial charge in [0.25, 0.3) is 0 Å². The van der Waals surface area contributed by atoms with E-state index in [0.717, 1.165) is 12.5 Å². The van der Waals surface area contributed by atoms with Crippen LogP contribution in [0.25, 0.3) is 0 Å². The molecule has 3 N–H and O–H groups in total. The summed E-state index contributed by atoms with van der Waals surface area (Å²) in [7, 11) is -3.93. The fourth-order valence-corrected chi connectivity index (χ4v) is 4.40. The average Bonchev–Trinajstić information content (AvgIpc) is 2.84. The summed E-state index contributed by atoms with van der Waals surface area (Å²) < 4.78 is 46.2. The Morgan fingerprint density at radius 3 is 2.95 bits per heavy atom. The Kier molecular flexibility index (Phi) is 3.32. The van der Waals surface area contributed by atoms with Gasteiger partial charge in [-0.3, -0.25) is 0 Å². The van der Waals surface area contributed by atoms with Gasteiger partial charge in [-0.1, -0.05) is 6.07 Å². The molecule has 5 nitrogen and oxygen atoms in total. The SMILES string of the molecule is Cc1ccc(F)c(S(=O)(=O)NC2C(N)C3CCOC32)c1. The van der Waals surface area contributed by atoms with Gasteiger partial charge in [0.15, 0.2) is 0 Å². The second-order valence-corrected chi connectivity index (χ2v) is 7.13. The minimum Gasteiger partial charge on any atom is -0.376 e. The van der Waals surface area contributed by atoms with Gasteiger partial charge in [0, 0.05) is 18.6 Å². The van der Waals surface area contributed by atoms with Gasteiger partial charge >= 0.3 is 0 Å². The van der Waals surface area contributed by atoms with Gasteiger partial charge in [-0.15, -0.1) is 0 Å². The highest BCUT2D eigenvalue weighted by Crippen LogP contribution is 2.38. The van der Waals surface area contributed by atoms with Gasteiger partial charge in [-0.2, -0.15) is 0 Å². The number of halogens is 1. The summed E-state index contributed by atoms with van der Waals surface area (Å²) in [6.07, 6.45) is 0.663. The maximum atomic E-state index is 13.7. The van der Waals surface area contributed by atoms with Crippen molar-refractivity contribution in [3.05, 3.63) is 29.6 Å². The Labute approximate surface area is 117 Å². The Morgan fingerprint density at radius 2 is 2.20 bits per heavy atom. The molecule has 4 unspecified atom stereocenters. The summed E-state index contributed by atoms with van der Waals surface area (Å²) in [6, 6.07) is 3.24. The van der Waals surface area contributed by atoms with Crippen LogP contribution in [-0.4, -0.2) is 33.2 Å². The molecule has 1 aliphatic heterocycles. The summed E-state index contributed by atoms with van der Waals surface area (Å²) in [5, 5.41) is 0. The van der Waals surface area contributed by atoms with Gasteiger partial charge in [-0.25, -0.2) is 17.5 Å². The Bertz CT molecular complexity index is 635. The van der Waals surface area contributed by atoms with Crippen LogP contribution >= 0.6 is 0 Å². The van der Waals surface area contributed by atoms with Crippen molar-refractivity contribution in [3.63, 3.8) is 0 Å². The number of hydrogen-bond donors (Lipinski definition) is 2. The number of rotatable bonds is 3. The number of aryl methyl sites for hydroxylation is 1. The van der Waals surface area contributed by atoms with Crippen molar-refractivity contribution in [1.82, 2.24) is 4.72 Å². The lowest BCUT2D eigenvalue weighted by Crippen LogP contribution is -2.68. The lowest BCUT2D eigenvalue weighted by atomic mass is 9.73. The van der Waals surface area contributed by atoms with E-state index in [1.54, 1.807) is 6.92 Å². The monoisotopic (exact) mass is 300 g/mol. The van der Waals surface area contributed by atoms with E-state index in [1.165, 1.54) is 12.1 Å². The zero-order valence-electron chi connectivity index (χ0n) is 11.0. The van der Waals surface area contributed by atoms with Crippen LogP contribution in [0.2, 0.25) is 0 Å². The molecule has 0 aromatic heterocycles. The molecule has 1 saturated carbocycles. The highest BCUT2D eigenvalue weighted by molar-refractivity contribution is 7.89. The van der Waals surface area contributed by atoms with E-state index in [0.29, 0.717) is 12.2 Å². The predicted molar refractivity (Wildman–Crippen MR) is 71.1 cm³/mol. The first-order valence-corrected chi connectivity index (χ1v) is 8.04. The summed E-state index contributed by atoms with van der Waals surface area (Å²) >= 11 is 0. The first-order valence-electron chi connectivity index (χ1n) is 6.56. The van der Waals surface area contributed by atoms with Crippen LogP contribution in [0.3, 0.4) is 0 Å². The molecular formula is C13H17FN2O3S. The molecule has 0 spiro atoms. The third kappa shape index (κ3) is 2.14. The highest BCUT2D eigenvalue weighted by atomic mass is 32.2. The molecule has 1 saturated heterocycles. The van der Waals surface area contributed by atoms with E-state index in [-0.39, 0.29) is 23.0 Å². The fourth-order valence-electron chi connectivity index (χ4n) is 2.95. The van der Waals surface area contributed by atoms with Crippen LogP contribution < -0.4 is 10.5 Å². The third-order valence-corrected chi connectivity index (χ3v) is 5.59. The van der Waals surface area contributed by atoms with Crippen molar-refractivity contribution in [2.45, 2.75) is 36.4 Å². The van der Waals surface area contributed by atoms with Crippen molar-refractivity contribution in [1.29, 1.82) is 0 Å². The summed E-state index contributed by atoms with van der Waals surface area (Å²) in [6.45, 7) is 2.31. The molecule has 0 amide bonds. The maximum Gasteiger partial charge on any atom is 0.243 e. The van der Waals surface area contributed by atoms with Crippen molar-refractivity contribution in [2.75, 3.05) is 6.61 Å². The van der Waals surface area contributed by atoms with Gasteiger partial charge in [0.1, 0.15) is 10.7 Å². The zero-order valence-corrected chi connectivity index (χ0v) is 11.9. The molecule has 1 heterocycles. The fraction of sp³-hybridized carbons (Fsp3) is 0.538. The smallest absolute Gasteiger partial charge is 0.243 e. The number of hydrogen-bond acceptors (Lipinski definition) is 4. The molecule has 2 fully saturated rings. The second kappa shape index (κ2) is 4.77. The Morgan fingerprint density at radius 1 is 1.45 bits per heavy atom. The number of sulfonamides is 1. The zero-order chi connectivity index (χ0) is 14.5. The Balaban J connectivity index is 1.84.